The second-order valence-corrected chi connectivity index (χ2v) is 8.23. The Morgan fingerprint density at radius 3 is 2.52 bits per heavy atom. The average molecular weight is 438 g/mol. The number of hydrogen-bond acceptors (Lipinski definition) is 6. The third-order valence-corrected chi connectivity index (χ3v) is 5.85. The number of hydrogen-bond donors (Lipinski definition) is 2. The summed E-state index contributed by atoms with van der Waals surface area (Å²) in [4.78, 5) is 29.7. The smallest absolute Gasteiger partial charge is 0.338 e. The zero-order chi connectivity index (χ0) is 22.4. The second-order valence-electron chi connectivity index (χ2n) is 7.27. The molecule has 1 heterocycles. The van der Waals surface area contributed by atoms with Crippen molar-refractivity contribution in [3.05, 3.63) is 76.5 Å². The van der Waals surface area contributed by atoms with Crippen molar-refractivity contribution in [3.8, 4) is 0 Å². The van der Waals surface area contributed by atoms with Crippen molar-refractivity contribution in [2.24, 2.45) is 4.99 Å². The molecule has 0 aromatic heterocycles. The summed E-state index contributed by atoms with van der Waals surface area (Å²) < 4.78 is 5.24. The van der Waals surface area contributed by atoms with E-state index in [0.717, 1.165) is 16.8 Å². The van der Waals surface area contributed by atoms with Crippen LogP contribution in [0.3, 0.4) is 0 Å². The lowest BCUT2D eigenvalue weighted by Crippen LogP contribution is -2.31. The molecule has 0 saturated heterocycles. The van der Waals surface area contributed by atoms with E-state index in [1.54, 1.807) is 6.92 Å². The number of esters is 1. The quantitative estimate of drug-likeness (QED) is 0.650. The number of aliphatic imine (C=N–C) groups is 1. The molecule has 6 nitrogen and oxygen atoms in total. The lowest BCUT2D eigenvalue weighted by molar-refractivity contribution is -0.139. The van der Waals surface area contributed by atoms with E-state index in [1.165, 1.54) is 17.3 Å². The number of aryl methyl sites for hydroxylation is 2. The van der Waals surface area contributed by atoms with Crippen molar-refractivity contribution < 1.29 is 14.3 Å². The molecular weight excluding hydrogens is 410 g/mol. The van der Waals surface area contributed by atoms with Crippen molar-refractivity contribution in [1.29, 1.82) is 0 Å². The molecule has 3 rings (SSSR count). The molecule has 0 aliphatic carbocycles. The number of amides is 1. The molecular formula is C24H27N3O3S. The van der Waals surface area contributed by atoms with Gasteiger partial charge in [0.15, 0.2) is 5.17 Å². The van der Waals surface area contributed by atoms with Gasteiger partial charge in [-0.15, -0.1) is 0 Å². The molecule has 2 N–H and O–H groups in total. The summed E-state index contributed by atoms with van der Waals surface area (Å²) in [5.41, 5.74) is 5.14. The van der Waals surface area contributed by atoms with Crippen LogP contribution in [0.4, 0.5) is 5.69 Å². The van der Waals surface area contributed by atoms with Gasteiger partial charge in [0.1, 0.15) is 6.04 Å². The molecule has 0 fully saturated rings. The highest BCUT2D eigenvalue weighted by molar-refractivity contribution is 8.14. The van der Waals surface area contributed by atoms with E-state index in [-0.39, 0.29) is 17.6 Å². The number of amidine groups is 1. The maximum Gasteiger partial charge on any atom is 0.338 e. The molecule has 31 heavy (non-hydrogen) atoms. The molecule has 0 radical (unpaired) electrons. The monoisotopic (exact) mass is 437 g/mol. The predicted octanol–water partition coefficient (Wildman–Crippen LogP) is 4.51. The molecule has 2 aromatic carbocycles. The maximum atomic E-state index is 12.6. The molecule has 0 saturated carbocycles. The van der Waals surface area contributed by atoms with Crippen molar-refractivity contribution in [1.82, 2.24) is 5.32 Å². The van der Waals surface area contributed by atoms with Crippen LogP contribution in [0.15, 0.2) is 64.8 Å². The Morgan fingerprint density at radius 1 is 1.10 bits per heavy atom. The minimum Gasteiger partial charge on any atom is -0.463 e. The molecule has 0 bridgehead atoms. The van der Waals surface area contributed by atoms with E-state index in [2.05, 4.69) is 10.6 Å². The molecule has 1 aliphatic rings. The normalized spacial score (nSPS) is 15.7. The summed E-state index contributed by atoms with van der Waals surface area (Å²) in [6, 6.07) is 15.0. The average Bonchev–Trinajstić information content (AvgIpc) is 2.75. The van der Waals surface area contributed by atoms with Crippen LogP contribution in [-0.2, 0) is 14.3 Å². The second kappa shape index (κ2) is 10.3. The fourth-order valence-corrected chi connectivity index (χ4v) is 3.97. The fraction of sp³-hybridized carbons (Fsp3) is 0.292. The summed E-state index contributed by atoms with van der Waals surface area (Å²) in [5, 5.41) is 6.66. The van der Waals surface area contributed by atoms with Gasteiger partial charge in [0.2, 0.25) is 5.91 Å². The summed E-state index contributed by atoms with van der Waals surface area (Å²) in [6.07, 6.45) is 0. The number of allylic oxidation sites excluding steroid dienone is 1. The minimum absolute atomic E-state index is 0.119. The summed E-state index contributed by atoms with van der Waals surface area (Å²) in [6.45, 7) is 7.95. The molecule has 1 amide bonds. The molecule has 1 atom stereocenters. The Kier molecular flexibility index (Phi) is 7.52. The number of nitrogens with zero attached hydrogens (tertiary/aromatic N) is 1. The molecule has 1 aliphatic heterocycles. The van der Waals surface area contributed by atoms with E-state index in [9.17, 15) is 9.59 Å². The zero-order valence-electron chi connectivity index (χ0n) is 18.2. The topological polar surface area (TPSA) is 79.8 Å². The Labute approximate surface area is 187 Å². The minimum atomic E-state index is -0.480. The Morgan fingerprint density at radius 2 is 1.84 bits per heavy atom. The van der Waals surface area contributed by atoms with Gasteiger partial charge < -0.3 is 15.4 Å². The van der Waals surface area contributed by atoms with E-state index >= 15 is 0 Å². The molecule has 7 heteroatoms. The summed E-state index contributed by atoms with van der Waals surface area (Å²) >= 11 is 1.30. The first-order valence-corrected chi connectivity index (χ1v) is 11.1. The summed E-state index contributed by atoms with van der Waals surface area (Å²) in [5.74, 6) is -0.309. The maximum absolute atomic E-state index is 12.6. The Hall–Kier alpha value is -3.06. The van der Waals surface area contributed by atoms with Crippen LogP contribution in [0.1, 0.15) is 36.6 Å². The van der Waals surface area contributed by atoms with Crippen LogP contribution in [0.5, 0.6) is 0 Å². The third kappa shape index (κ3) is 5.76. The number of thioether (sulfide) groups is 1. The molecule has 2 aromatic rings. The van der Waals surface area contributed by atoms with Crippen LogP contribution in [0.2, 0.25) is 0 Å². The van der Waals surface area contributed by atoms with Gasteiger partial charge in [0.25, 0.3) is 0 Å². The van der Waals surface area contributed by atoms with Gasteiger partial charge in [0.05, 0.1) is 17.9 Å². The van der Waals surface area contributed by atoms with Crippen LogP contribution in [-0.4, -0.2) is 29.4 Å². The number of benzene rings is 2. The number of anilines is 1. The largest absolute Gasteiger partial charge is 0.463 e. The first-order chi connectivity index (χ1) is 14.9. The third-order valence-electron chi connectivity index (χ3n) is 4.96. The van der Waals surface area contributed by atoms with Crippen molar-refractivity contribution >= 4 is 34.5 Å². The lowest BCUT2D eigenvalue weighted by Gasteiger charge is -2.25. The van der Waals surface area contributed by atoms with Crippen molar-refractivity contribution in [2.75, 3.05) is 17.7 Å². The number of carbonyl (C=O) groups is 2. The van der Waals surface area contributed by atoms with Gasteiger partial charge in [-0.25, -0.2) is 9.79 Å². The highest BCUT2D eigenvalue weighted by atomic mass is 32.2. The lowest BCUT2D eigenvalue weighted by atomic mass is 9.97. The van der Waals surface area contributed by atoms with Gasteiger partial charge in [-0.2, -0.15) is 0 Å². The number of ether oxygens (including phenoxy) is 1. The standard InChI is InChI=1S/C24H27N3O3S/c1-5-30-23(29)21-17(4)25-24(27-22(21)18-9-7-6-8-10-18)31-14-20(28)26-19-12-11-15(2)16(3)13-19/h6-13,22H,5,14H2,1-4H3,(H,25,27)(H,26,28)/t22-/m1/s1. The SMILES string of the molecule is CCOC(=O)C1=C(C)NC(SCC(=O)Nc2ccc(C)c(C)c2)=N[C@@H]1c1ccccc1. The fourth-order valence-electron chi connectivity index (χ4n) is 3.22. The van der Waals surface area contributed by atoms with E-state index in [1.807, 2.05) is 69.3 Å². The van der Waals surface area contributed by atoms with Crippen LogP contribution in [0.25, 0.3) is 0 Å². The molecule has 0 unspecified atom stereocenters. The summed E-state index contributed by atoms with van der Waals surface area (Å²) in [7, 11) is 0. The van der Waals surface area contributed by atoms with Gasteiger partial charge >= 0.3 is 5.97 Å². The zero-order valence-corrected chi connectivity index (χ0v) is 19.0. The van der Waals surface area contributed by atoms with Gasteiger partial charge in [0, 0.05) is 11.4 Å². The predicted molar refractivity (Wildman–Crippen MR) is 126 cm³/mol. The first-order valence-electron chi connectivity index (χ1n) is 10.2. The Balaban J connectivity index is 1.73. The molecule has 0 spiro atoms. The number of nitrogens with one attached hydrogen (secondary N) is 2. The van der Waals surface area contributed by atoms with E-state index in [0.29, 0.717) is 23.0 Å². The van der Waals surface area contributed by atoms with Crippen molar-refractivity contribution in [3.63, 3.8) is 0 Å². The van der Waals surface area contributed by atoms with Crippen LogP contribution < -0.4 is 10.6 Å². The van der Waals surface area contributed by atoms with Gasteiger partial charge in [-0.05, 0) is 56.5 Å². The highest BCUT2D eigenvalue weighted by Gasteiger charge is 2.30. The molecule has 162 valence electrons. The van der Waals surface area contributed by atoms with Crippen molar-refractivity contribution in [2.45, 2.75) is 33.7 Å². The van der Waals surface area contributed by atoms with E-state index in [4.69, 9.17) is 9.73 Å². The Bertz CT molecular complexity index is 1030. The van der Waals surface area contributed by atoms with Gasteiger partial charge in [-0.3, -0.25) is 4.79 Å². The van der Waals surface area contributed by atoms with E-state index < -0.39 is 6.04 Å². The highest BCUT2D eigenvalue weighted by Crippen LogP contribution is 2.32. The van der Waals surface area contributed by atoms with Gasteiger partial charge in [-0.1, -0.05) is 48.2 Å². The van der Waals surface area contributed by atoms with Crippen LogP contribution >= 0.6 is 11.8 Å². The van der Waals surface area contributed by atoms with Crippen LogP contribution in [0, 0.1) is 13.8 Å². The number of rotatable bonds is 6. The first kappa shape index (κ1) is 22.6. The number of carbonyl (C=O) groups excluding carboxylic acids is 2.